The first-order chi connectivity index (χ1) is 8.12. The molecule has 1 unspecified atom stereocenters. The lowest BCUT2D eigenvalue weighted by atomic mass is 10.1. The van der Waals surface area contributed by atoms with Gasteiger partial charge in [0.1, 0.15) is 5.75 Å². The summed E-state index contributed by atoms with van der Waals surface area (Å²) in [4.78, 5) is 0. The third-order valence-corrected chi connectivity index (χ3v) is 3.10. The van der Waals surface area contributed by atoms with E-state index in [9.17, 15) is 0 Å². The summed E-state index contributed by atoms with van der Waals surface area (Å²) < 4.78 is 5.28. The maximum Gasteiger partial charge on any atom is 0.142 e. The highest BCUT2D eigenvalue weighted by atomic mass is 35.5. The molecule has 0 amide bonds. The van der Waals surface area contributed by atoms with Gasteiger partial charge in [0, 0.05) is 11.6 Å². The van der Waals surface area contributed by atoms with Gasteiger partial charge in [-0.25, -0.2) is 0 Å². The lowest BCUT2D eigenvalue weighted by molar-refractivity contribution is 0.416. The first kappa shape index (κ1) is 13.7. The van der Waals surface area contributed by atoms with Gasteiger partial charge in [-0.3, -0.25) is 0 Å². The van der Waals surface area contributed by atoms with Crippen LogP contribution in [0.4, 0.5) is 5.69 Å². The van der Waals surface area contributed by atoms with Crippen molar-refractivity contribution in [3.8, 4) is 11.8 Å². The lowest BCUT2D eigenvalue weighted by Gasteiger charge is -2.14. The van der Waals surface area contributed by atoms with Gasteiger partial charge in [-0.1, -0.05) is 18.5 Å². The molecule has 0 heterocycles. The zero-order valence-corrected chi connectivity index (χ0v) is 11.1. The Morgan fingerprint density at radius 2 is 2.24 bits per heavy atom. The summed E-state index contributed by atoms with van der Waals surface area (Å²) in [5, 5.41) is 12.8. The number of nitrogens with one attached hydrogen (secondary N) is 1. The molecule has 0 saturated heterocycles. The van der Waals surface area contributed by atoms with E-state index in [0.717, 1.165) is 23.4 Å². The van der Waals surface area contributed by atoms with Gasteiger partial charge in [0.2, 0.25) is 0 Å². The molecule has 0 aromatic heterocycles. The molecule has 1 atom stereocenters. The number of methoxy groups -OCH3 is 1. The van der Waals surface area contributed by atoms with Gasteiger partial charge >= 0.3 is 0 Å². The van der Waals surface area contributed by atoms with Crippen molar-refractivity contribution in [2.75, 3.05) is 19.0 Å². The molecule has 0 aliphatic heterocycles. The van der Waals surface area contributed by atoms with E-state index in [2.05, 4.69) is 11.4 Å². The van der Waals surface area contributed by atoms with E-state index in [1.165, 1.54) is 0 Å². The molecule has 1 aromatic rings. The van der Waals surface area contributed by atoms with E-state index in [1.807, 2.05) is 26.0 Å². The normalized spacial score (nSPS) is 11.7. The maximum atomic E-state index is 8.88. The molecule has 0 radical (unpaired) electrons. The van der Waals surface area contributed by atoms with Crippen LogP contribution in [0.2, 0.25) is 5.02 Å². The Morgan fingerprint density at radius 1 is 1.53 bits per heavy atom. The zero-order valence-electron chi connectivity index (χ0n) is 10.4. The molecule has 0 spiro atoms. The first-order valence-electron chi connectivity index (χ1n) is 5.60. The summed E-state index contributed by atoms with van der Waals surface area (Å²) in [5.41, 5.74) is 1.80. The monoisotopic (exact) mass is 252 g/mol. The number of hydrogen-bond acceptors (Lipinski definition) is 3. The van der Waals surface area contributed by atoms with E-state index in [1.54, 1.807) is 7.11 Å². The molecule has 3 nitrogen and oxygen atoms in total. The van der Waals surface area contributed by atoms with Crippen LogP contribution in [0.1, 0.15) is 18.9 Å². The largest absolute Gasteiger partial charge is 0.495 e. The molecule has 1 rings (SSSR count). The van der Waals surface area contributed by atoms with E-state index in [-0.39, 0.29) is 5.92 Å². The van der Waals surface area contributed by atoms with Gasteiger partial charge in [0.15, 0.2) is 0 Å². The summed E-state index contributed by atoms with van der Waals surface area (Å²) in [6, 6.07) is 5.97. The Labute approximate surface area is 107 Å². The van der Waals surface area contributed by atoms with Crippen LogP contribution < -0.4 is 10.1 Å². The van der Waals surface area contributed by atoms with Gasteiger partial charge < -0.3 is 10.1 Å². The molecule has 0 aliphatic rings. The molecule has 0 saturated carbocycles. The van der Waals surface area contributed by atoms with E-state index in [0.29, 0.717) is 11.6 Å². The average Bonchev–Trinajstić information content (AvgIpc) is 2.34. The highest BCUT2D eigenvalue weighted by Crippen LogP contribution is 2.30. The van der Waals surface area contributed by atoms with Crippen LogP contribution in [0.3, 0.4) is 0 Å². The molecule has 1 N–H and O–H groups in total. The van der Waals surface area contributed by atoms with Crippen LogP contribution in [0.15, 0.2) is 12.1 Å². The predicted octanol–water partition coefficient (Wildman–Crippen LogP) is 3.62. The standard InChI is InChI=1S/C13H17ClN2O/c1-4-10(7-15)8-16-12-6-11(14)9(2)5-13(12)17-3/h5-6,10,16H,4,8H2,1-3H3. The third kappa shape index (κ3) is 3.54. The number of benzene rings is 1. The zero-order chi connectivity index (χ0) is 12.8. The molecule has 0 fully saturated rings. The number of hydrogen-bond donors (Lipinski definition) is 1. The van der Waals surface area contributed by atoms with Gasteiger partial charge in [0.05, 0.1) is 24.8 Å². The van der Waals surface area contributed by atoms with Gasteiger partial charge in [0.25, 0.3) is 0 Å². The second kappa shape index (κ2) is 6.36. The van der Waals surface area contributed by atoms with E-state index < -0.39 is 0 Å². The summed E-state index contributed by atoms with van der Waals surface area (Å²) in [7, 11) is 1.62. The van der Waals surface area contributed by atoms with Crippen molar-refractivity contribution in [1.29, 1.82) is 5.26 Å². The van der Waals surface area contributed by atoms with Crippen molar-refractivity contribution in [3.63, 3.8) is 0 Å². The third-order valence-electron chi connectivity index (χ3n) is 2.70. The minimum Gasteiger partial charge on any atom is -0.495 e. The number of anilines is 1. The first-order valence-corrected chi connectivity index (χ1v) is 5.97. The number of nitriles is 1. The molecular weight excluding hydrogens is 236 g/mol. The highest BCUT2D eigenvalue weighted by molar-refractivity contribution is 6.31. The Balaban J connectivity index is 2.83. The highest BCUT2D eigenvalue weighted by Gasteiger charge is 2.09. The fourth-order valence-electron chi connectivity index (χ4n) is 1.48. The Hall–Kier alpha value is -1.40. The van der Waals surface area contributed by atoms with Crippen LogP contribution in [-0.2, 0) is 0 Å². The molecular formula is C13H17ClN2O. The quantitative estimate of drug-likeness (QED) is 0.871. The fraction of sp³-hybridized carbons (Fsp3) is 0.462. The summed E-state index contributed by atoms with van der Waals surface area (Å²) >= 11 is 6.07. The van der Waals surface area contributed by atoms with Crippen LogP contribution in [0.25, 0.3) is 0 Å². The van der Waals surface area contributed by atoms with Crippen LogP contribution in [-0.4, -0.2) is 13.7 Å². The van der Waals surface area contributed by atoms with Gasteiger partial charge in [-0.05, 0) is 31.0 Å². The molecule has 0 aliphatic carbocycles. The van der Waals surface area contributed by atoms with E-state index >= 15 is 0 Å². The lowest BCUT2D eigenvalue weighted by Crippen LogP contribution is -2.12. The second-order valence-corrected chi connectivity index (χ2v) is 4.32. The van der Waals surface area contributed by atoms with Crippen molar-refractivity contribution in [1.82, 2.24) is 0 Å². The summed E-state index contributed by atoms with van der Waals surface area (Å²) in [6.45, 7) is 4.52. The summed E-state index contributed by atoms with van der Waals surface area (Å²) in [5.74, 6) is 0.750. The van der Waals surface area contributed by atoms with Crippen LogP contribution in [0, 0.1) is 24.2 Å². The predicted molar refractivity (Wildman–Crippen MR) is 70.6 cm³/mol. The Bertz CT molecular complexity index is 426. The fourth-order valence-corrected chi connectivity index (χ4v) is 1.64. The number of ether oxygens (including phenoxy) is 1. The van der Waals surface area contributed by atoms with Crippen LogP contribution in [0.5, 0.6) is 5.75 Å². The molecule has 4 heteroatoms. The Kier molecular flexibility index (Phi) is 5.11. The molecule has 92 valence electrons. The van der Waals surface area contributed by atoms with Gasteiger partial charge in [-0.2, -0.15) is 5.26 Å². The van der Waals surface area contributed by atoms with Crippen molar-refractivity contribution in [3.05, 3.63) is 22.7 Å². The molecule has 1 aromatic carbocycles. The summed E-state index contributed by atoms with van der Waals surface area (Å²) in [6.07, 6.45) is 0.825. The molecule has 0 bridgehead atoms. The van der Waals surface area contributed by atoms with Crippen molar-refractivity contribution in [2.45, 2.75) is 20.3 Å². The smallest absolute Gasteiger partial charge is 0.142 e. The molecule has 17 heavy (non-hydrogen) atoms. The number of nitrogens with zero attached hydrogens (tertiary/aromatic N) is 1. The van der Waals surface area contributed by atoms with Gasteiger partial charge in [-0.15, -0.1) is 0 Å². The number of rotatable bonds is 5. The number of halogens is 1. The topological polar surface area (TPSA) is 45.0 Å². The Morgan fingerprint density at radius 3 is 2.76 bits per heavy atom. The minimum absolute atomic E-state index is 0.000199. The van der Waals surface area contributed by atoms with Crippen LogP contribution >= 0.6 is 11.6 Å². The van der Waals surface area contributed by atoms with Crippen molar-refractivity contribution < 1.29 is 4.74 Å². The average molecular weight is 253 g/mol. The van der Waals surface area contributed by atoms with Crippen molar-refractivity contribution in [2.24, 2.45) is 5.92 Å². The minimum atomic E-state index is -0.000199. The van der Waals surface area contributed by atoms with E-state index in [4.69, 9.17) is 21.6 Å². The SMILES string of the molecule is CCC(C#N)CNc1cc(Cl)c(C)cc1OC. The maximum absolute atomic E-state index is 8.88. The van der Waals surface area contributed by atoms with Crippen molar-refractivity contribution >= 4 is 17.3 Å². The number of aryl methyl sites for hydroxylation is 1. The second-order valence-electron chi connectivity index (χ2n) is 3.92.